The number of nitrogens with zero attached hydrogens (tertiary/aromatic N) is 2. The Hall–Kier alpha value is -1.39. The topological polar surface area (TPSA) is 43.8 Å². The number of rotatable bonds is 7. The first-order valence-electron chi connectivity index (χ1n) is 8.77. The van der Waals surface area contributed by atoms with E-state index in [2.05, 4.69) is 43.0 Å². The molecule has 1 saturated heterocycles. The predicted octanol–water partition coefficient (Wildman–Crippen LogP) is 1.95. The largest absolute Gasteiger partial charge is 0.395 e. The van der Waals surface area contributed by atoms with Crippen molar-refractivity contribution in [2.45, 2.75) is 33.1 Å². The van der Waals surface area contributed by atoms with Gasteiger partial charge in [0.2, 0.25) is 5.91 Å². The van der Waals surface area contributed by atoms with Crippen LogP contribution >= 0.6 is 0 Å². The molecule has 0 aliphatic carbocycles. The normalized spacial score (nSPS) is 16.1. The van der Waals surface area contributed by atoms with Gasteiger partial charge in [-0.05, 0) is 29.9 Å². The molecule has 0 aromatic heterocycles. The van der Waals surface area contributed by atoms with Gasteiger partial charge in [-0.15, -0.1) is 0 Å². The van der Waals surface area contributed by atoms with Crippen LogP contribution in [0.1, 0.15) is 31.4 Å². The smallest absolute Gasteiger partial charge is 0.222 e. The van der Waals surface area contributed by atoms with Gasteiger partial charge in [0.25, 0.3) is 0 Å². The fourth-order valence-corrected chi connectivity index (χ4v) is 3.09. The number of aliphatic hydroxyl groups is 1. The molecule has 1 amide bonds. The fourth-order valence-electron chi connectivity index (χ4n) is 3.09. The lowest BCUT2D eigenvalue weighted by molar-refractivity contribution is -0.132. The molecule has 0 bridgehead atoms. The first-order chi connectivity index (χ1) is 11.1. The van der Waals surface area contributed by atoms with E-state index < -0.39 is 0 Å². The first-order valence-corrected chi connectivity index (χ1v) is 8.77. The van der Waals surface area contributed by atoms with Gasteiger partial charge in [-0.25, -0.2) is 0 Å². The van der Waals surface area contributed by atoms with E-state index in [0.717, 1.165) is 39.0 Å². The molecular weight excluding hydrogens is 288 g/mol. The summed E-state index contributed by atoms with van der Waals surface area (Å²) >= 11 is 0. The van der Waals surface area contributed by atoms with Gasteiger partial charge in [0.1, 0.15) is 0 Å². The van der Waals surface area contributed by atoms with Crippen LogP contribution in [0.15, 0.2) is 24.3 Å². The van der Waals surface area contributed by atoms with Crippen LogP contribution in [-0.4, -0.2) is 60.1 Å². The summed E-state index contributed by atoms with van der Waals surface area (Å²) in [5.74, 6) is 0.923. The summed E-state index contributed by atoms with van der Waals surface area (Å²) in [6.07, 6.45) is 2.51. The molecule has 0 radical (unpaired) electrons. The van der Waals surface area contributed by atoms with Gasteiger partial charge < -0.3 is 10.0 Å². The second kappa shape index (κ2) is 9.04. The minimum absolute atomic E-state index is 0.195. The molecule has 1 aromatic rings. The van der Waals surface area contributed by atoms with Crippen molar-refractivity contribution in [2.75, 3.05) is 39.3 Å². The molecule has 1 aliphatic heterocycles. The minimum atomic E-state index is 0.195. The maximum Gasteiger partial charge on any atom is 0.222 e. The third-order valence-electron chi connectivity index (χ3n) is 4.44. The van der Waals surface area contributed by atoms with Gasteiger partial charge >= 0.3 is 0 Å². The maximum absolute atomic E-state index is 12.3. The molecule has 23 heavy (non-hydrogen) atoms. The highest BCUT2D eigenvalue weighted by Gasteiger charge is 2.20. The number of aryl methyl sites for hydroxylation is 1. The number of carbonyl (C=O) groups is 1. The Labute approximate surface area is 140 Å². The molecule has 4 nitrogen and oxygen atoms in total. The summed E-state index contributed by atoms with van der Waals surface area (Å²) in [5, 5.41) is 8.95. The molecule has 1 fully saturated rings. The molecule has 0 atom stereocenters. The zero-order valence-corrected chi connectivity index (χ0v) is 14.5. The monoisotopic (exact) mass is 318 g/mol. The number of carbonyl (C=O) groups excluding carboxylic acids is 1. The second-order valence-electron chi connectivity index (χ2n) is 6.86. The predicted molar refractivity (Wildman–Crippen MR) is 93.4 cm³/mol. The van der Waals surface area contributed by atoms with E-state index >= 15 is 0 Å². The molecule has 4 heteroatoms. The summed E-state index contributed by atoms with van der Waals surface area (Å²) < 4.78 is 0. The molecule has 0 unspecified atom stereocenters. The highest BCUT2D eigenvalue weighted by molar-refractivity contribution is 5.76. The van der Waals surface area contributed by atoms with E-state index in [0.29, 0.717) is 18.9 Å². The van der Waals surface area contributed by atoms with E-state index in [-0.39, 0.29) is 12.5 Å². The number of aliphatic hydroxyl groups excluding tert-OH is 1. The Morgan fingerprint density at radius 3 is 2.26 bits per heavy atom. The average Bonchev–Trinajstić information content (AvgIpc) is 2.54. The lowest BCUT2D eigenvalue weighted by Gasteiger charge is -2.34. The number of β-amino-alcohol motifs (C(OH)–C–C–N with tert-alkyl or cyclic N) is 1. The van der Waals surface area contributed by atoms with Gasteiger partial charge in [0, 0.05) is 39.1 Å². The highest BCUT2D eigenvalue weighted by atomic mass is 16.3. The van der Waals surface area contributed by atoms with Crippen molar-refractivity contribution in [3.63, 3.8) is 0 Å². The van der Waals surface area contributed by atoms with Gasteiger partial charge in [-0.3, -0.25) is 9.69 Å². The molecule has 1 N–H and O–H groups in total. The number of hydrogen-bond donors (Lipinski definition) is 1. The number of amides is 1. The van der Waals surface area contributed by atoms with Gasteiger partial charge in [-0.1, -0.05) is 38.1 Å². The molecule has 1 aromatic carbocycles. The van der Waals surface area contributed by atoms with E-state index in [1.807, 2.05) is 4.90 Å². The van der Waals surface area contributed by atoms with Crippen LogP contribution in [0.5, 0.6) is 0 Å². The SMILES string of the molecule is CC(C)Cc1ccc(CCC(=O)N2CCN(CCO)CC2)cc1. The molecular formula is C19H30N2O2. The van der Waals surface area contributed by atoms with Gasteiger partial charge in [-0.2, -0.15) is 0 Å². The van der Waals surface area contributed by atoms with E-state index in [9.17, 15) is 4.79 Å². The molecule has 0 spiro atoms. The molecule has 1 aliphatic rings. The quantitative estimate of drug-likeness (QED) is 0.836. The van der Waals surface area contributed by atoms with Crippen LogP contribution < -0.4 is 0 Å². The Morgan fingerprint density at radius 1 is 1.09 bits per heavy atom. The Morgan fingerprint density at radius 2 is 1.70 bits per heavy atom. The van der Waals surface area contributed by atoms with Crippen LogP contribution in [0, 0.1) is 5.92 Å². The molecule has 1 heterocycles. The number of piperazine rings is 1. The summed E-state index contributed by atoms with van der Waals surface area (Å²) in [6.45, 7) is 8.68. The Balaban J connectivity index is 1.74. The van der Waals surface area contributed by atoms with Crippen molar-refractivity contribution in [2.24, 2.45) is 5.92 Å². The minimum Gasteiger partial charge on any atom is -0.395 e. The van der Waals surface area contributed by atoms with Crippen LogP contribution in [-0.2, 0) is 17.6 Å². The molecule has 2 rings (SSSR count). The summed E-state index contributed by atoms with van der Waals surface area (Å²) in [5.41, 5.74) is 2.61. The van der Waals surface area contributed by atoms with Crippen molar-refractivity contribution < 1.29 is 9.90 Å². The third kappa shape index (κ3) is 5.96. The highest BCUT2D eigenvalue weighted by Crippen LogP contribution is 2.12. The van der Waals surface area contributed by atoms with E-state index in [1.165, 1.54) is 11.1 Å². The Kier molecular flexibility index (Phi) is 7.06. The number of hydrogen-bond acceptors (Lipinski definition) is 3. The summed E-state index contributed by atoms with van der Waals surface area (Å²) in [7, 11) is 0. The van der Waals surface area contributed by atoms with Crippen LogP contribution in [0.4, 0.5) is 0 Å². The Bertz CT molecular complexity index is 477. The summed E-state index contributed by atoms with van der Waals surface area (Å²) in [6, 6.07) is 8.69. The maximum atomic E-state index is 12.3. The summed E-state index contributed by atoms with van der Waals surface area (Å²) in [4.78, 5) is 16.5. The van der Waals surface area contributed by atoms with Crippen LogP contribution in [0.25, 0.3) is 0 Å². The first kappa shape index (κ1) is 18.0. The lowest BCUT2D eigenvalue weighted by Crippen LogP contribution is -2.49. The molecule has 128 valence electrons. The van der Waals surface area contributed by atoms with E-state index in [4.69, 9.17) is 5.11 Å². The van der Waals surface area contributed by atoms with Crippen molar-refractivity contribution >= 4 is 5.91 Å². The van der Waals surface area contributed by atoms with Crippen LogP contribution in [0.2, 0.25) is 0 Å². The zero-order valence-electron chi connectivity index (χ0n) is 14.5. The number of benzene rings is 1. The van der Waals surface area contributed by atoms with E-state index in [1.54, 1.807) is 0 Å². The standard InChI is InChI=1S/C19H30N2O2/c1-16(2)15-18-5-3-17(4-6-18)7-8-19(23)21-11-9-20(10-12-21)13-14-22/h3-6,16,22H,7-15H2,1-2H3. The van der Waals surface area contributed by atoms with Gasteiger partial charge in [0.15, 0.2) is 0 Å². The van der Waals surface area contributed by atoms with Crippen molar-refractivity contribution in [3.05, 3.63) is 35.4 Å². The van der Waals surface area contributed by atoms with Crippen LogP contribution in [0.3, 0.4) is 0 Å². The zero-order chi connectivity index (χ0) is 16.7. The van der Waals surface area contributed by atoms with Crippen molar-refractivity contribution in [1.29, 1.82) is 0 Å². The lowest BCUT2D eigenvalue weighted by atomic mass is 10.0. The second-order valence-corrected chi connectivity index (χ2v) is 6.86. The van der Waals surface area contributed by atoms with Crippen molar-refractivity contribution in [3.8, 4) is 0 Å². The van der Waals surface area contributed by atoms with Crippen molar-refractivity contribution in [1.82, 2.24) is 9.80 Å². The molecule has 0 saturated carbocycles. The average molecular weight is 318 g/mol. The van der Waals surface area contributed by atoms with Gasteiger partial charge in [0.05, 0.1) is 6.61 Å². The third-order valence-corrected chi connectivity index (χ3v) is 4.44. The fraction of sp³-hybridized carbons (Fsp3) is 0.632.